The smallest absolute Gasteiger partial charge is 0.323 e. The molecule has 0 radical (unpaired) electrons. The van der Waals surface area contributed by atoms with Crippen LogP contribution in [-0.2, 0) is 11.2 Å². The molecule has 1 aromatic heterocycles. The van der Waals surface area contributed by atoms with E-state index in [-0.39, 0.29) is 17.6 Å². The van der Waals surface area contributed by atoms with E-state index in [1.807, 2.05) is 23.1 Å². The lowest BCUT2D eigenvalue weighted by Gasteiger charge is -2.30. The molecular weight excluding hydrogens is 280 g/mol. The lowest BCUT2D eigenvalue weighted by Crippen LogP contribution is -2.45. The van der Waals surface area contributed by atoms with Crippen molar-refractivity contribution >= 4 is 16.9 Å². The van der Waals surface area contributed by atoms with Crippen LogP contribution in [0.1, 0.15) is 31.2 Å². The topological polar surface area (TPSA) is 95.0 Å². The van der Waals surface area contributed by atoms with Crippen LogP contribution in [0.2, 0.25) is 0 Å². The van der Waals surface area contributed by atoms with Crippen LogP contribution in [0.15, 0.2) is 23.0 Å². The predicted octanol–water partition coefficient (Wildman–Crippen LogP) is 1.13. The van der Waals surface area contributed by atoms with Gasteiger partial charge in [0, 0.05) is 25.6 Å². The van der Waals surface area contributed by atoms with Gasteiger partial charge in [0.15, 0.2) is 0 Å². The maximum atomic E-state index is 12.2. The van der Waals surface area contributed by atoms with Gasteiger partial charge in [0.25, 0.3) is 0 Å². The number of benzene rings is 1. The number of hydrogen-bond acceptors (Lipinski definition) is 3. The highest BCUT2D eigenvalue weighted by Gasteiger charge is 2.20. The van der Waals surface area contributed by atoms with E-state index in [0.717, 1.165) is 48.8 Å². The number of hydrogen-bond donors (Lipinski definition) is 3. The average molecular weight is 302 g/mol. The monoisotopic (exact) mass is 302 g/mol. The van der Waals surface area contributed by atoms with Crippen molar-refractivity contribution in [3.63, 3.8) is 0 Å². The van der Waals surface area contributed by atoms with Gasteiger partial charge in [-0.15, -0.1) is 0 Å². The molecule has 0 unspecified atom stereocenters. The third-order valence-corrected chi connectivity index (χ3v) is 4.25. The molecule has 6 heteroatoms. The first-order valence-electron chi connectivity index (χ1n) is 7.86. The molecular formula is C16H22N4O2. The number of likely N-dealkylation sites (tertiary alicyclic amines) is 1. The van der Waals surface area contributed by atoms with E-state index in [1.165, 1.54) is 0 Å². The average Bonchev–Trinajstić information content (AvgIpc) is 2.86. The number of aryl methyl sites for hydroxylation is 1. The fraction of sp³-hybridized carbons (Fsp3) is 0.500. The summed E-state index contributed by atoms with van der Waals surface area (Å²) in [5.74, 6) is 0.200. The van der Waals surface area contributed by atoms with Crippen molar-refractivity contribution in [1.29, 1.82) is 0 Å². The summed E-state index contributed by atoms with van der Waals surface area (Å²) in [6, 6.07) is 5.99. The molecule has 0 spiro atoms. The highest BCUT2D eigenvalue weighted by atomic mass is 16.2. The molecule has 0 bridgehead atoms. The van der Waals surface area contributed by atoms with Crippen LogP contribution in [0, 0.1) is 0 Å². The third-order valence-electron chi connectivity index (χ3n) is 4.25. The van der Waals surface area contributed by atoms with Crippen LogP contribution in [0.5, 0.6) is 0 Å². The van der Waals surface area contributed by atoms with Crippen molar-refractivity contribution < 1.29 is 4.79 Å². The second-order valence-electron chi connectivity index (χ2n) is 6.05. The minimum absolute atomic E-state index is 0.130. The van der Waals surface area contributed by atoms with Gasteiger partial charge >= 0.3 is 5.69 Å². The van der Waals surface area contributed by atoms with Gasteiger partial charge < -0.3 is 20.6 Å². The summed E-state index contributed by atoms with van der Waals surface area (Å²) >= 11 is 0. The minimum atomic E-state index is -0.191. The number of fused-ring (bicyclic) bond motifs is 1. The molecule has 0 aliphatic carbocycles. The number of nitrogens with two attached hydrogens (primary N) is 1. The van der Waals surface area contributed by atoms with Crippen LogP contribution in [0.25, 0.3) is 11.0 Å². The van der Waals surface area contributed by atoms with Gasteiger partial charge in [-0.1, -0.05) is 6.07 Å². The molecule has 3 rings (SSSR count). The Hall–Kier alpha value is -2.08. The van der Waals surface area contributed by atoms with Crippen LogP contribution in [-0.4, -0.2) is 39.9 Å². The summed E-state index contributed by atoms with van der Waals surface area (Å²) in [7, 11) is 0. The molecule has 1 atom stereocenters. The molecule has 1 saturated heterocycles. The molecule has 1 aromatic carbocycles. The van der Waals surface area contributed by atoms with E-state index < -0.39 is 0 Å². The van der Waals surface area contributed by atoms with Gasteiger partial charge in [-0.25, -0.2) is 4.79 Å². The van der Waals surface area contributed by atoms with Crippen molar-refractivity contribution in [2.45, 2.75) is 38.1 Å². The van der Waals surface area contributed by atoms with E-state index in [2.05, 4.69) is 9.97 Å². The number of imidazole rings is 1. The lowest BCUT2D eigenvalue weighted by atomic mass is 10.0. The number of H-pyrrole nitrogens is 2. The largest absolute Gasteiger partial charge is 0.341 e. The van der Waals surface area contributed by atoms with E-state index >= 15 is 0 Å². The first-order valence-corrected chi connectivity index (χ1v) is 7.86. The second-order valence-corrected chi connectivity index (χ2v) is 6.05. The standard InChI is InChI=1S/C16H22N4O2/c17-12-4-2-8-20(10-12)15(21)5-1-3-11-6-7-13-14(9-11)19-16(22)18-13/h6-7,9,12H,1-5,8,10,17H2,(H2,18,19,22)/t12-/m1/s1. The zero-order valence-electron chi connectivity index (χ0n) is 12.6. The zero-order valence-corrected chi connectivity index (χ0v) is 12.6. The van der Waals surface area contributed by atoms with Gasteiger partial charge in [-0.2, -0.15) is 0 Å². The Labute approximate surface area is 128 Å². The summed E-state index contributed by atoms with van der Waals surface area (Å²) in [5, 5.41) is 0. The fourth-order valence-electron chi connectivity index (χ4n) is 3.07. The molecule has 2 aromatic rings. The van der Waals surface area contributed by atoms with Crippen molar-refractivity contribution in [2.24, 2.45) is 5.73 Å². The van der Waals surface area contributed by atoms with E-state index in [0.29, 0.717) is 13.0 Å². The molecule has 118 valence electrons. The number of piperidine rings is 1. The first kappa shape index (κ1) is 14.8. The highest BCUT2D eigenvalue weighted by molar-refractivity contribution is 5.76. The summed E-state index contributed by atoms with van der Waals surface area (Å²) in [6.07, 6.45) is 4.21. The first-order chi connectivity index (χ1) is 10.6. The van der Waals surface area contributed by atoms with Gasteiger partial charge in [-0.05, 0) is 43.4 Å². The summed E-state index contributed by atoms with van der Waals surface area (Å²) < 4.78 is 0. The normalized spacial score (nSPS) is 18.8. The van der Waals surface area contributed by atoms with E-state index in [9.17, 15) is 9.59 Å². The maximum Gasteiger partial charge on any atom is 0.323 e. The fourth-order valence-corrected chi connectivity index (χ4v) is 3.07. The van der Waals surface area contributed by atoms with Gasteiger partial charge in [0.05, 0.1) is 11.0 Å². The molecule has 1 amide bonds. The van der Waals surface area contributed by atoms with Crippen molar-refractivity contribution in [1.82, 2.24) is 14.9 Å². The SMILES string of the molecule is N[C@@H]1CCCN(C(=O)CCCc2ccc3[nH]c(=O)[nH]c3c2)C1. The number of aromatic nitrogens is 2. The number of rotatable bonds is 4. The Morgan fingerprint density at radius 2 is 2.14 bits per heavy atom. The van der Waals surface area contributed by atoms with Gasteiger partial charge in [0.1, 0.15) is 0 Å². The highest BCUT2D eigenvalue weighted by Crippen LogP contribution is 2.14. The molecule has 1 fully saturated rings. The van der Waals surface area contributed by atoms with E-state index in [1.54, 1.807) is 0 Å². The number of nitrogens with one attached hydrogen (secondary N) is 2. The number of amides is 1. The van der Waals surface area contributed by atoms with E-state index in [4.69, 9.17) is 5.73 Å². The third kappa shape index (κ3) is 3.39. The number of carbonyl (C=O) groups excluding carboxylic acids is 1. The number of aromatic amines is 2. The van der Waals surface area contributed by atoms with Crippen molar-refractivity contribution in [3.05, 3.63) is 34.2 Å². The Kier molecular flexibility index (Phi) is 4.29. The molecule has 0 saturated carbocycles. The molecule has 4 N–H and O–H groups in total. The van der Waals surface area contributed by atoms with Crippen molar-refractivity contribution in [2.75, 3.05) is 13.1 Å². The second kappa shape index (κ2) is 6.36. The maximum absolute atomic E-state index is 12.2. The zero-order chi connectivity index (χ0) is 15.5. The Balaban J connectivity index is 1.53. The Morgan fingerprint density at radius 3 is 2.95 bits per heavy atom. The quantitative estimate of drug-likeness (QED) is 0.790. The summed E-state index contributed by atoms with van der Waals surface area (Å²) in [6.45, 7) is 1.53. The molecule has 1 aliphatic heterocycles. The molecule has 1 aliphatic rings. The summed E-state index contributed by atoms with van der Waals surface area (Å²) in [5.41, 5.74) is 8.48. The Morgan fingerprint density at radius 1 is 1.32 bits per heavy atom. The van der Waals surface area contributed by atoms with Gasteiger partial charge in [0.2, 0.25) is 5.91 Å². The van der Waals surface area contributed by atoms with Crippen LogP contribution in [0.3, 0.4) is 0 Å². The van der Waals surface area contributed by atoms with Gasteiger partial charge in [-0.3, -0.25) is 4.79 Å². The number of carbonyl (C=O) groups is 1. The molecule has 2 heterocycles. The van der Waals surface area contributed by atoms with Crippen molar-refractivity contribution in [3.8, 4) is 0 Å². The lowest BCUT2D eigenvalue weighted by molar-refractivity contribution is -0.132. The molecule has 22 heavy (non-hydrogen) atoms. The van der Waals surface area contributed by atoms with Crippen LogP contribution in [0.4, 0.5) is 0 Å². The minimum Gasteiger partial charge on any atom is -0.341 e. The van der Waals surface area contributed by atoms with Crippen LogP contribution >= 0.6 is 0 Å². The predicted molar refractivity (Wildman–Crippen MR) is 85.6 cm³/mol. The van der Waals surface area contributed by atoms with Crippen LogP contribution < -0.4 is 11.4 Å². The Bertz CT molecular complexity index is 718. The summed E-state index contributed by atoms with van der Waals surface area (Å²) in [4.78, 5) is 30.8. The molecule has 6 nitrogen and oxygen atoms in total. The number of nitrogens with zero attached hydrogens (tertiary/aromatic N) is 1.